The lowest BCUT2D eigenvalue weighted by atomic mass is 9.91. The monoisotopic (exact) mass is 470 g/mol. The van der Waals surface area contributed by atoms with Crippen molar-refractivity contribution in [3.05, 3.63) is 83.8 Å². The van der Waals surface area contributed by atoms with Gasteiger partial charge in [-0.05, 0) is 67.5 Å². The molecule has 1 atom stereocenters. The first-order valence-electron chi connectivity index (χ1n) is 12.1. The van der Waals surface area contributed by atoms with Crippen molar-refractivity contribution in [2.45, 2.75) is 32.3 Å². The van der Waals surface area contributed by atoms with Crippen LogP contribution in [0.15, 0.2) is 67.0 Å². The summed E-state index contributed by atoms with van der Waals surface area (Å²) in [6.45, 7) is 1.73. The third kappa shape index (κ3) is 5.14. The van der Waals surface area contributed by atoms with E-state index in [0.717, 1.165) is 50.0 Å². The van der Waals surface area contributed by atoms with Crippen molar-refractivity contribution in [3.63, 3.8) is 0 Å². The number of fused-ring (bicyclic) bond motifs is 1. The number of aromatic amines is 1. The molecule has 4 aromatic rings. The van der Waals surface area contributed by atoms with Crippen molar-refractivity contribution in [3.8, 4) is 11.5 Å². The lowest BCUT2D eigenvalue weighted by Crippen LogP contribution is -2.32. The maximum absolute atomic E-state index is 13.6. The number of H-pyrrole nitrogens is 1. The van der Waals surface area contributed by atoms with Crippen molar-refractivity contribution in [2.24, 2.45) is 5.92 Å². The molecule has 1 aliphatic rings. The number of amides is 1. The molecule has 3 heterocycles. The minimum absolute atomic E-state index is 0.0162. The van der Waals surface area contributed by atoms with Gasteiger partial charge < -0.3 is 14.4 Å². The molecule has 0 unspecified atom stereocenters. The molecule has 7 nitrogen and oxygen atoms in total. The number of ether oxygens (including phenoxy) is 2. The van der Waals surface area contributed by atoms with E-state index in [4.69, 9.17) is 9.47 Å². The van der Waals surface area contributed by atoms with Gasteiger partial charge >= 0.3 is 0 Å². The molecule has 0 radical (unpaired) electrons. The van der Waals surface area contributed by atoms with Crippen LogP contribution >= 0.6 is 0 Å². The van der Waals surface area contributed by atoms with Crippen LogP contribution in [0.1, 0.15) is 40.9 Å². The molecule has 35 heavy (non-hydrogen) atoms. The molecular weight excluding hydrogens is 440 g/mol. The molecule has 180 valence electrons. The first-order valence-corrected chi connectivity index (χ1v) is 12.1. The van der Waals surface area contributed by atoms with Gasteiger partial charge in [0.2, 0.25) is 0 Å². The van der Waals surface area contributed by atoms with Gasteiger partial charge in [0.25, 0.3) is 5.91 Å². The topological polar surface area (TPSA) is 80.3 Å². The van der Waals surface area contributed by atoms with E-state index in [1.54, 1.807) is 13.3 Å². The van der Waals surface area contributed by atoms with Gasteiger partial charge in [-0.1, -0.05) is 24.3 Å². The molecule has 7 heteroatoms. The number of nitrogens with one attached hydrogen (secondary N) is 1. The fourth-order valence-corrected chi connectivity index (χ4v) is 4.88. The molecule has 2 aromatic heterocycles. The zero-order valence-electron chi connectivity index (χ0n) is 19.9. The Hall–Kier alpha value is -3.87. The largest absolute Gasteiger partial charge is 0.493 e. The molecule has 5 rings (SSSR count). The summed E-state index contributed by atoms with van der Waals surface area (Å²) >= 11 is 0. The Morgan fingerprint density at radius 1 is 1.09 bits per heavy atom. The van der Waals surface area contributed by atoms with Crippen molar-refractivity contribution < 1.29 is 14.3 Å². The summed E-state index contributed by atoms with van der Waals surface area (Å²) in [6.07, 6.45) is 7.68. The zero-order chi connectivity index (χ0) is 24.0. The van der Waals surface area contributed by atoms with Crippen LogP contribution in [-0.4, -0.2) is 46.2 Å². The standard InChI is InChI=1S/C28H30N4O3/c1-34-26-12-5-10-23(27(26)35-19-22-9-2-3-14-29-22)28(33)32-15-6-7-20(13-16-32)17-21-8-4-11-25-24(21)18-30-31-25/h2-5,8-12,14,18,20H,6-7,13,15-17,19H2,1H3,(H,30,31)/t20-/m0/s1. The lowest BCUT2D eigenvalue weighted by Gasteiger charge is -2.23. The molecule has 1 amide bonds. The number of rotatable bonds is 7. The molecule has 0 aliphatic carbocycles. The summed E-state index contributed by atoms with van der Waals surface area (Å²) in [5.74, 6) is 1.53. The number of carbonyl (C=O) groups is 1. The van der Waals surface area contributed by atoms with Crippen molar-refractivity contribution >= 4 is 16.8 Å². The van der Waals surface area contributed by atoms with Crippen LogP contribution in [0.2, 0.25) is 0 Å². The second-order valence-electron chi connectivity index (χ2n) is 8.99. The smallest absolute Gasteiger partial charge is 0.257 e. The van der Waals surface area contributed by atoms with Gasteiger partial charge in [0.05, 0.1) is 30.1 Å². The number of hydrogen-bond acceptors (Lipinski definition) is 5. The Morgan fingerprint density at radius 2 is 2.00 bits per heavy atom. The van der Waals surface area contributed by atoms with Gasteiger partial charge in [0.15, 0.2) is 11.5 Å². The average Bonchev–Trinajstić information content (AvgIpc) is 3.27. The predicted octanol–water partition coefficient (Wildman–Crippen LogP) is 5.03. The van der Waals surface area contributed by atoms with Crippen LogP contribution in [0.5, 0.6) is 11.5 Å². The number of carbonyl (C=O) groups excluding carboxylic acids is 1. The average molecular weight is 471 g/mol. The number of hydrogen-bond donors (Lipinski definition) is 1. The summed E-state index contributed by atoms with van der Waals surface area (Å²) in [6, 6.07) is 17.5. The lowest BCUT2D eigenvalue weighted by molar-refractivity contribution is 0.0754. The van der Waals surface area contributed by atoms with Crippen LogP contribution in [0.25, 0.3) is 10.9 Å². The Bertz CT molecular complexity index is 1290. The number of nitrogens with zero attached hydrogens (tertiary/aromatic N) is 3. The molecule has 1 saturated heterocycles. The summed E-state index contributed by atoms with van der Waals surface area (Å²) in [7, 11) is 1.59. The number of methoxy groups -OCH3 is 1. The molecule has 1 fully saturated rings. The first kappa shape index (κ1) is 22.9. The summed E-state index contributed by atoms with van der Waals surface area (Å²) in [5.41, 5.74) is 3.71. The highest BCUT2D eigenvalue weighted by Crippen LogP contribution is 2.34. The predicted molar refractivity (Wildman–Crippen MR) is 135 cm³/mol. The van der Waals surface area contributed by atoms with Crippen LogP contribution < -0.4 is 9.47 Å². The molecule has 0 saturated carbocycles. The molecule has 0 spiro atoms. The normalized spacial score (nSPS) is 16.1. The molecule has 0 bridgehead atoms. The van der Waals surface area contributed by atoms with E-state index in [2.05, 4.69) is 33.4 Å². The minimum atomic E-state index is -0.0162. The molecule has 2 aromatic carbocycles. The maximum atomic E-state index is 13.6. The molecule has 1 N–H and O–H groups in total. The second-order valence-corrected chi connectivity index (χ2v) is 8.99. The SMILES string of the molecule is COc1cccc(C(=O)N2CCC[C@H](Cc3cccc4[nH]ncc34)CC2)c1OCc1ccccn1. The van der Waals surface area contributed by atoms with E-state index in [0.29, 0.717) is 23.0 Å². The van der Waals surface area contributed by atoms with Gasteiger partial charge in [0.1, 0.15) is 6.61 Å². The quantitative estimate of drug-likeness (QED) is 0.410. The zero-order valence-corrected chi connectivity index (χ0v) is 19.9. The van der Waals surface area contributed by atoms with E-state index >= 15 is 0 Å². The van der Waals surface area contributed by atoms with Crippen molar-refractivity contribution in [1.82, 2.24) is 20.1 Å². The third-order valence-electron chi connectivity index (χ3n) is 6.74. The van der Waals surface area contributed by atoms with E-state index < -0.39 is 0 Å². The van der Waals surface area contributed by atoms with Gasteiger partial charge in [-0.25, -0.2) is 0 Å². The van der Waals surface area contributed by atoms with Crippen LogP contribution in [0, 0.1) is 5.92 Å². The Morgan fingerprint density at radius 3 is 2.86 bits per heavy atom. The number of aromatic nitrogens is 3. The Balaban J connectivity index is 1.29. The molecule has 1 aliphatic heterocycles. The Labute approximate surface area is 205 Å². The van der Waals surface area contributed by atoms with E-state index in [-0.39, 0.29) is 12.5 Å². The second kappa shape index (κ2) is 10.6. The summed E-state index contributed by atoms with van der Waals surface area (Å²) in [5, 5.41) is 8.44. The van der Waals surface area contributed by atoms with Gasteiger partial charge in [0, 0.05) is 24.7 Å². The maximum Gasteiger partial charge on any atom is 0.257 e. The molecular formula is C28H30N4O3. The summed E-state index contributed by atoms with van der Waals surface area (Å²) < 4.78 is 11.6. The first-order chi connectivity index (χ1) is 17.2. The fraction of sp³-hybridized carbons (Fsp3) is 0.321. The van der Waals surface area contributed by atoms with Gasteiger partial charge in [-0.15, -0.1) is 0 Å². The van der Waals surface area contributed by atoms with Crippen molar-refractivity contribution in [1.29, 1.82) is 0 Å². The minimum Gasteiger partial charge on any atom is -0.493 e. The third-order valence-corrected chi connectivity index (χ3v) is 6.74. The van der Waals surface area contributed by atoms with Crippen LogP contribution in [0.4, 0.5) is 0 Å². The van der Waals surface area contributed by atoms with Gasteiger partial charge in [-0.3, -0.25) is 14.9 Å². The highest BCUT2D eigenvalue weighted by atomic mass is 16.5. The number of benzene rings is 2. The Kier molecular flexibility index (Phi) is 6.93. The summed E-state index contributed by atoms with van der Waals surface area (Å²) in [4.78, 5) is 19.9. The highest BCUT2D eigenvalue weighted by molar-refractivity contribution is 5.97. The number of pyridine rings is 1. The van der Waals surface area contributed by atoms with E-state index in [9.17, 15) is 4.79 Å². The fourth-order valence-electron chi connectivity index (χ4n) is 4.88. The highest BCUT2D eigenvalue weighted by Gasteiger charge is 2.26. The van der Waals surface area contributed by atoms with Crippen LogP contribution in [-0.2, 0) is 13.0 Å². The van der Waals surface area contributed by atoms with E-state index in [1.807, 2.05) is 47.5 Å². The van der Waals surface area contributed by atoms with Gasteiger partial charge in [-0.2, -0.15) is 5.10 Å². The van der Waals surface area contributed by atoms with Crippen LogP contribution in [0.3, 0.4) is 0 Å². The number of likely N-dealkylation sites (tertiary alicyclic amines) is 1. The number of para-hydroxylation sites is 1. The van der Waals surface area contributed by atoms with Crippen molar-refractivity contribution in [2.75, 3.05) is 20.2 Å². The van der Waals surface area contributed by atoms with E-state index in [1.165, 1.54) is 10.9 Å².